The van der Waals surface area contributed by atoms with Crippen LogP contribution in [0.25, 0.3) is 0 Å². The first-order valence-electron chi connectivity index (χ1n) is 4.53. The number of aryl methyl sites for hydroxylation is 1. The molecule has 0 spiro atoms. The molecule has 3 nitrogen and oxygen atoms in total. The van der Waals surface area contributed by atoms with E-state index in [1.807, 2.05) is 16.9 Å². The summed E-state index contributed by atoms with van der Waals surface area (Å²) in [5, 5.41) is 7.53. The van der Waals surface area contributed by atoms with Gasteiger partial charge in [0.2, 0.25) is 0 Å². The van der Waals surface area contributed by atoms with E-state index in [4.69, 9.17) is 0 Å². The van der Waals surface area contributed by atoms with Crippen molar-refractivity contribution in [1.29, 1.82) is 0 Å². The summed E-state index contributed by atoms with van der Waals surface area (Å²) in [6.07, 6.45) is 3.03. The molecule has 0 aliphatic rings. The van der Waals surface area contributed by atoms with E-state index in [1.54, 1.807) is 0 Å². The van der Waals surface area contributed by atoms with Crippen molar-refractivity contribution in [3.05, 3.63) is 18.0 Å². The number of hydrogen-bond acceptors (Lipinski definition) is 2. The van der Waals surface area contributed by atoms with E-state index in [0.717, 1.165) is 19.6 Å². The Kier molecular flexibility index (Phi) is 3.80. The quantitative estimate of drug-likeness (QED) is 0.668. The number of rotatable bonds is 5. The van der Waals surface area contributed by atoms with Crippen LogP contribution in [0.2, 0.25) is 0 Å². The zero-order chi connectivity index (χ0) is 8.81. The lowest BCUT2D eigenvalue weighted by molar-refractivity contribution is 0.544. The highest BCUT2D eigenvalue weighted by atomic mass is 15.3. The normalized spacial score (nSPS) is 10.5. The van der Waals surface area contributed by atoms with Gasteiger partial charge in [-0.25, -0.2) is 0 Å². The van der Waals surface area contributed by atoms with E-state index in [0.29, 0.717) is 0 Å². The van der Waals surface area contributed by atoms with Crippen molar-refractivity contribution in [1.82, 2.24) is 15.1 Å². The largest absolute Gasteiger partial charge is 0.315 e. The third-order valence-electron chi connectivity index (χ3n) is 1.86. The topological polar surface area (TPSA) is 29.9 Å². The molecule has 0 bridgehead atoms. The zero-order valence-corrected chi connectivity index (χ0v) is 7.88. The van der Waals surface area contributed by atoms with E-state index < -0.39 is 0 Å². The zero-order valence-electron chi connectivity index (χ0n) is 7.88. The molecule has 0 amide bonds. The van der Waals surface area contributed by atoms with E-state index in [9.17, 15) is 0 Å². The minimum Gasteiger partial charge on any atom is -0.315 e. The lowest BCUT2D eigenvalue weighted by Gasteiger charge is -2.04. The highest BCUT2D eigenvalue weighted by molar-refractivity contribution is 4.96. The third-order valence-corrected chi connectivity index (χ3v) is 1.86. The summed E-state index contributed by atoms with van der Waals surface area (Å²) in [5.41, 5.74) is 1.23. The van der Waals surface area contributed by atoms with Gasteiger partial charge in [0.05, 0.1) is 6.54 Å². The summed E-state index contributed by atoms with van der Waals surface area (Å²) in [4.78, 5) is 0. The van der Waals surface area contributed by atoms with E-state index in [1.165, 1.54) is 12.1 Å². The van der Waals surface area contributed by atoms with Crippen LogP contribution in [0.1, 0.15) is 19.0 Å². The summed E-state index contributed by atoms with van der Waals surface area (Å²) >= 11 is 0. The number of aromatic nitrogens is 2. The minimum absolute atomic E-state index is 0.971. The highest BCUT2D eigenvalue weighted by Gasteiger charge is 1.94. The molecule has 0 atom stereocenters. The highest BCUT2D eigenvalue weighted by Crippen LogP contribution is 1.93. The molecular formula is C9H17N3. The minimum atomic E-state index is 0.971. The van der Waals surface area contributed by atoms with Crippen molar-refractivity contribution in [3.8, 4) is 0 Å². The van der Waals surface area contributed by atoms with Gasteiger partial charge in [-0.3, -0.25) is 4.68 Å². The van der Waals surface area contributed by atoms with Gasteiger partial charge in [-0.05, 0) is 26.0 Å². The van der Waals surface area contributed by atoms with Gasteiger partial charge in [0.15, 0.2) is 0 Å². The molecule has 1 N–H and O–H groups in total. The van der Waals surface area contributed by atoms with Gasteiger partial charge in [0.25, 0.3) is 0 Å². The van der Waals surface area contributed by atoms with Crippen molar-refractivity contribution in [2.75, 3.05) is 13.1 Å². The standard InChI is InChI=1S/C9H17N3/c1-3-5-10-7-8-12-9(2)4-6-11-12/h4,6,10H,3,5,7-8H2,1-2H3. The Morgan fingerprint density at radius 2 is 2.33 bits per heavy atom. The van der Waals surface area contributed by atoms with Gasteiger partial charge in [0.1, 0.15) is 0 Å². The van der Waals surface area contributed by atoms with Gasteiger partial charge in [-0.1, -0.05) is 6.92 Å². The summed E-state index contributed by atoms with van der Waals surface area (Å²) in [6, 6.07) is 2.03. The predicted molar refractivity (Wildman–Crippen MR) is 50.1 cm³/mol. The molecule has 3 heteroatoms. The summed E-state index contributed by atoms with van der Waals surface area (Å²) < 4.78 is 2.02. The SMILES string of the molecule is CCCNCCn1nccc1C. The number of hydrogen-bond donors (Lipinski definition) is 1. The van der Waals surface area contributed by atoms with Gasteiger partial charge < -0.3 is 5.32 Å². The average Bonchev–Trinajstić information content (AvgIpc) is 2.46. The Bertz CT molecular complexity index is 217. The van der Waals surface area contributed by atoms with Crippen LogP contribution in [0, 0.1) is 6.92 Å². The first-order chi connectivity index (χ1) is 5.84. The monoisotopic (exact) mass is 167 g/mol. The molecule has 0 aliphatic carbocycles. The molecule has 0 aliphatic heterocycles. The van der Waals surface area contributed by atoms with Gasteiger partial charge in [0, 0.05) is 18.4 Å². The van der Waals surface area contributed by atoms with E-state index in [-0.39, 0.29) is 0 Å². The van der Waals surface area contributed by atoms with Crippen LogP contribution < -0.4 is 5.32 Å². The predicted octanol–water partition coefficient (Wildman–Crippen LogP) is 1.19. The molecule has 0 radical (unpaired) electrons. The molecule has 0 saturated heterocycles. The molecule has 0 aromatic carbocycles. The molecule has 0 saturated carbocycles. The molecule has 1 aromatic heterocycles. The number of nitrogens with one attached hydrogen (secondary N) is 1. The van der Waals surface area contributed by atoms with Crippen molar-refractivity contribution in [2.24, 2.45) is 0 Å². The van der Waals surface area contributed by atoms with Crippen LogP contribution in [-0.2, 0) is 6.54 Å². The van der Waals surface area contributed by atoms with Crippen molar-refractivity contribution >= 4 is 0 Å². The van der Waals surface area contributed by atoms with Crippen LogP contribution in [0.3, 0.4) is 0 Å². The lowest BCUT2D eigenvalue weighted by Crippen LogP contribution is -2.21. The fraction of sp³-hybridized carbons (Fsp3) is 0.667. The van der Waals surface area contributed by atoms with Gasteiger partial charge in [-0.2, -0.15) is 5.10 Å². The van der Waals surface area contributed by atoms with E-state index in [2.05, 4.69) is 24.3 Å². The molecule has 1 rings (SSSR count). The third kappa shape index (κ3) is 2.66. The average molecular weight is 167 g/mol. The molecular weight excluding hydrogens is 150 g/mol. The van der Waals surface area contributed by atoms with E-state index >= 15 is 0 Å². The van der Waals surface area contributed by atoms with Crippen LogP contribution in [-0.4, -0.2) is 22.9 Å². The van der Waals surface area contributed by atoms with Crippen LogP contribution >= 0.6 is 0 Å². The Balaban J connectivity index is 2.20. The fourth-order valence-corrected chi connectivity index (χ4v) is 1.12. The van der Waals surface area contributed by atoms with Crippen molar-refractivity contribution in [3.63, 3.8) is 0 Å². The maximum Gasteiger partial charge on any atom is 0.0537 e. The molecule has 68 valence electrons. The molecule has 1 aromatic rings. The Hall–Kier alpha value is -0.830. The second-order valence-corrected chi connectivity index (χ2v) is 2.95. The smallest absolute Gasteiger partial charge is 0.0537 e. The van der Waals surface area contributed by atoms with Gasteiger partial charge in [-0.15, -0.1) is 0 Å². The van der Waals surface area contributed by atoms with Crippen LogP contribution in [0.4, 0.5) is 0 Å². The first-order valence-corrected chi connectivity index (χ1v) is 4.53. The first kappa shape index (κ1) is 9.26. The van der Waals surface area contributed by atoms with Crippen molar-refractivity contribution < 1.29 is 0 Å². The van der Waals surface area contributed by atoms with Crippen LogP contribution in [0.15, 0.2) is 12.3 Å². The maximum atomic E-state index is 4.19. The summed E-state index contributed by atoms with van der Waals surface area (Å²) in [6.45, 7) is 7.33. The van der Waals surface area contributed by atoms with Crippen LogP contribution in [0.5, 0.6) is 0 Å². The van der Waals surface area contributed by atoms with Crippen molar-refractivity contribution in [2.45, 2.75) is 26.8 Å². The second kappa shape index (κ2) is 4.93. The molecule has 12 heavy (non-hydrogen) atoms. The van der Waals surface area contributed by atoms with Gasteiger partial charge >= 0.3 is 0 Å². The second-order valence-electron chi connectivity index (χ2n) is 2.95. The molecule has 0 fully saturated rings. The maximum absolute atomic E-state index is 4.19. The fourth-order valence-electron chi connectivity index (χ4n) is 1.12. The Morgan fingerprint density at radius 3 is 2.92 bits per heavy atom. The summed E-state index contributed by atoms with van der Waals surface area (Å²) in [7, 11) is 0. The number of nitrogens with zero attached hydrogens (tertiary/aromatic N) is 2. The Labute approximate surface area is 73.8 Å². The Morgan fingerprint density at radius 1 is 1.50 bits per heavy atom. The molecule has 1 heterocycles. The molecule has 0 unspecified atom stereocenters. The lowest BCUT2D eigenvalue weighted by atomic mass is 10.4. The summed E-state index contributed by atoms with van der Waals surface area (Å²) in [5.74, 6) is 0.